The molecule has 1 N–H and O–H groups in total. The normalized spacial score (nSPS) is 32.0. The number of fused-ring (bicyclic) bond motifs is 1. The molecule has 0 heterocycles. The standard InChI is InChI=1S/C15H18BrN/c1-10(12-6-2-3-8-14(12)16)17-15-9-11-5-4-7-13(11)15/h2-4,6-8,10-11,13,15,17H,5,9H2,1H3/t10-,11?,13?,15?/m1/s1. The molecule has 4 atom stereocenters. The summed E-state index contributed by atoms with van der Waals surface area (Å²) in [7, 11) is 0. The number of nitrogens with one attached hydrogen (secondary N) is 1. The maximum absolute atomic E-state index is 3.76. The molecule has 1 aromatic rings. The van der Waals surface area contributed by atoms with Gasteiger partial charge in [0.05, 0.1) is 0 Å². The highest BCUT2D eigenvalue weighted by Crippen LogP contribution is 2.43. The van der Waals surface area contributed by atoms with Crippen LogP contribution in [0.2, 0.25) is 0 Å². The first-order chi connectivity index (χ1) is 8.25. The van der Waals surface area contributed by atoms with Gasteiger partial charge in [0.2, 0.25) is 0 Å². The van der Waals surface area contributed by atoms with Crippen LogP contribution in [0.1, 0.15) is 31.4 Å². The summed E-state index contributed by atoms with van der Waals surface area (Å²) in [5.74, 6) is 1.72. The van der Waals surface area contributed by atoms with Crippen molar-refractivity contribution in [3.05, 3.63) is 46.5 Å². The van der Waals surface area contributed by atoms with E-state index < -0.39 is 0 Å². The minimum absolute atomic E-state index is 0.422. The van der Waals surface area contributed by atoms with Gasteiger partial charge in [-0.05, 0) is 43.2 Å². The van der Waals surface area contributed by atoms with Gasteiger partial charge in [-0.3, -0.25) is 0 Å². The predicted octanol–water partition coefficient (Wildman–Crippen LogP) is 4.06. The van der Waals surface area contributed by atoms with Gasteiger partial charge >= 0.3 is 0 Å². The van der Waals surface area contributed by atoms with E-state index in [1.165, 1.54) is 22.9 Å². The van der Waals surface area contributed by atoms with Gasteiger partial charge < -0.3 is 5.32 Å². The van der Waals surface area contributed by atoms with Crippen LogP contribution in [0.3, 0.4) is 0 Å². The Morgan fingerprint density at radius 1 is 1.35 bits per heavy atom. The lowest BCUT2D eigenvalue weighted by Crippen LogP contribution is -2.48. The molecule has 1 saturated carbocycles. The lowest BCUT2D eigenvalue weighted by Gasteiger charge is -2.42. The lowest BCUT2D eigenvalue weighted by atomic mass is 9.71. The second-order valence-corrected chi connectivity index (χ2v) is 6.11. The predicted molar refractivity (Wildman–Crippen MR) is 74.8 cm³/mol. The Bertz CT molecular complexity index is 440. The minimum Gasteiger partial charge on any atom is -0.307 e. The average Bonchev–Trinajstić information content (AvgIpc) is 2.68. The number of hydrogen-bond donors (Lipinski definition) is 1. The van der Waals surface area contributed by atoms with Crippen molar-refractivity contribution in [1.29, 1.82) is 0 Å². The summed E-state index contributed by atoms with van der Waals surface area (Å²) in [5.41, 5.74) is 1.36. The van der Waals surface area contributed by atoms with E-state index in [1.54, 1.807) is 0 Å². The van der Waals surface area contributed by atoms with Crippen LogP contribution in [0.25, 0.3) is 0 Å². The monoisotopic (exact) mass is 291 g/mol. The van der Waals surface area contributed by atoms with Crippen LogP contribution in [0.5, 0.6) is 0 Å². The van der Waals surface area contributed by atoms with E-state index in [2.05, 4.69) is 64.6 Å². The number of halogens is 1. The summed E-state index contributed by atoms with van der Waals surface area (Å²) in [5, 5.41) is 3.76. The molecule has 1 aromatic carbocycles. The maximum Gasteiger partial charge on any atom is 0.0305 e. The van der Waals surface area contributed by atoms with Crippen LogP contribution in [0.15, 0.2) is 40.9 Å². The topological polar surface area (TPSA) is 12.0 Å². The molecule has 0 bridgehead atoms. The van der Waals surface area contributed by atoms with E-state index in [0.29, 0.717) is 12.1 Å². The van der Waals surface area contributed by atoms with E-state index in [4.69, 9.17) is 0 Å². The highest BCUT2D eigenvalue weighted by Gasteiger charge is 2.41. The first-order valence-corrected chi connectivity index (χ1v) is 7.22. The molecule has 3 rings (SSSR count). The molecule has 0 spiro atoms. The van der Waals surface area contributed by atoms with E-state index in [1.807, 2.05) is 0 Å². The van der Waals surface area contributed by atoms with Crippen LogP contribution in [0, 0.1) is 11.8 Å². The van der Waals surface area contributed by atoms with Crippen molar-refractivity contribution in [2.45, 2.75) is 31.8 Å². The van der Waals surface area contributed by atoms with Gasteiger partial charge in [0.15, 0.2) is 0 Å². The fourth-order valence-electron chi connectivity index (χ4n) is 3.14. The van der Waals surface area contributed by atoms with Crippen molar-refractivity contribution in [2.75, 3.05) is 0 Å². The smallest absolute Gasteiger partial charge is 0.0305 e. The van der Waals surface area contributed by atoms with Crippen molar-refractivity contribution in [3.63, 3.8) is 0 Å². The zero-order valence-electron chi connectivity index (χ0n) is 10.1. The molecule has 0 saturated heterocycles. The van der Waals surface area contributed by atoms with Crippen molar-refractivity contribution in [1.82, 2.24) is 5.32 Å². The van der Waals surface area contributed by atoms with Crippen molar-refractivity contribution in [2.24, 2.45) is 11.8 Å². The Hall–Kier alpha value is -0.600. The van der Waals surface area contributed by atoms with Crippen molar-refractivity contribution >= 4 is 15.9 Å². The second kappa shape index (κ2) is 4.58. The van der Waals surface area contributed by atoms with Crippen LogP contribution in [-0.4, -0.2) is 6.04 Å². The first kappa shape index (κ1) is 11.5. The summed E-state index contributed by atoms with van der Waals surface area (Å²) >= 11 is 3.63. The van der Waals surface area contributed by atoms with Crippen LogP contribution in [-0.2, 0) is 0 Å². The molecular weight excluding hydrogens is 274 g/mol. The fourth-order valence-corrected chi connectivity index (χ4v) is 3.77. The summed E-state index contributed by atoms with van der Waals surface area (Å²) in [4.78, 5) is 0. The highest BCUT2D eigenvalue weighted by molar-refractivity contribution is 9.10. The lowest BCUT2D eigenvalue weighted by molar-refractivity contribution is 0.152. The molecule has 3 unspecified atom stereocenters. The first-order valence-electron chi connectivity index (χ1n) is 6.43. The van der Waals surface area contributed by atoms with E-state index in [9.17, 15) is 0 Å². The third-order valence-corrected chi connectivity index (χ3v) is 4.92. The molecule has 90 valence electrons. The minimum atomic E-state index is 0.422. The molecule has 1 nitrogen and oxygen atoms in total. The molecule has 2 heteroatoms. The van der Waals surface area contributed by atoms with Gasteiger partial charge in [0.25, 0.3) is 0 Å². The molecule has 2 aliphatic rings. The molecule has 0 amide bonds. The molecule has 17 heavy (non-hydrogen) atoms. The summed E-state index contributed by atoms with van der Waals surface area (Å²) in [6.07, 6.45) is 7.39. The van der Waals surface area contributed by atoms with Gasteiger partial charge in [-0.15, -0.1) is 0 Å². The highest BCUT2D eigenvalue weighted by atomic mass is 79.9. The Balaban J connectivity index is 1.66. The van der Waals surface area contributed by atoms with Crippen LogP contribution in [0.4, 0.5) is 0 Å². The van der Waals surface area contributed by atoms with Crippen LogP contribution < -0.4 is 5.32 Å². The van der Waals surface area contributed by atoms with Gasteiger partial charge in [-0.2, -0.15) is 0 Å². The molecule has 2 aliphatic carbocycles. The Labute approximate surface area is 111 Å². The zero-order chi connectivity index (χ0) is 11.8. The Morgan fingerprint density at radius 3 is 2.94 bits per heavy atom. The van der Waals surface area contributed by atoms with Gasteiger partial charge in [-0.1, -0.05) is 46.3 Å². The number of rotatable bonds is 3. The van der Waals surface area contributed by atoms with Crippen molar-refractivity contribution in [3.8, 4) is 0 Å². The number of benzene rings is 1. The number of allylic oxidation sites excluding steroid dienone is 1. The molecular formula is C15H18BrN. The fraction of sp³-hybridized carbons (Fsp3) is 0.467. The van der Waals surface area contributed by atoms with Gasteiger partial charge in [0, 0.05) is 16.6 Å². The van der Waals surface area contributed by atoms with E-state index >= 15 is 0 Å². The summed E-state index contributed by atoms with van der Waals surface area (Å²) in [6.45, 7) is 2.26. The quantitative estimate of drug-likeness (QED) is 0.828. The third kappa shape index (κ3) is 2.09. The SMILES string of the molecule is C[C@@H](NC1CC2CC=CC21)c1ccccc1Br. The van der Waals surface area contributed by atoms with Gasteiger partial charge in [0.1, 0.15) is 0 Å². The Morgan fingerprint density at radius 2 is 2.18 bits per heavy atom. The second-order valence-electron chi connectivity index (χ2n) is 5.25. The molecule has 1 fully saturated rings. The number of hydrogen-bond acceptors (Lipinski definition) is 1. The Kier molecular flexibility index (Phi) is 3.10. The molecule has 0 aromatic heterocycles. The van der Waals surface area contributed by atoms with Crippen molar-refractivity contribution < 1.29 is 0 Å². The zero-order valence-corrected chi connectivity index (χ0v) is 11.7. The van der Waals surface area contributed by atoms with Crippen LogP contribution >= 0.6 is 15.9 Å². The molecule has 0 aliphatic heterocycles. The summed E-state index contributed by atoms with van der Waals surface area (Å²) in [6, 6.07) is 9.59. The van der Waals surface area contributed by atoms with Gasteiger partial charge in [-0.25, -0.2) is 0 Å². The molecule has 0 radical (unpaired) electrons. The average molecular weight is 292 g/mol. The summed E-state index contributed by atoms with van der Waals surface area (Å²) < 4.78 is 1.21. The largest absolute Gasteiger partial charge is 0.307 e. The third-order valence-electron chi connectivity index (χ3n) is 4.20. The van der Waals surface area contributed by atoms with E-state index in [-0.39, 0.29) is 0 Å². The maximum atomic E-state index is 3.76. The van der Waals surface area contributed by atoms with E-state index in [0.717, 1.165) is 11.8 Å².